The van der Waals surface area contributed by atoms with Crippen LogP contribution in [0, 0.1) is 5.82 Å². The van der Waals surface area contributed by atoms with Crippen LogP contribution in [0.4, 0.5) is 21.8 Å². The second kappa shape index (κ2) is 5.63. The smallest absolute Gasteiger partial charge is 0.240 e. The molecule has 0 aliphatic heterocycles. The van der Waals surface area contributed by atoms with E-state index in [-0.39, 0.29) is 5.82 Å². The van der Waals surface area contributed by atoms with Gasteiger partial charge in [0.15, 0.2) is 0 Å². The Hall–Kier alpha value is -2.25. The Morgan fingerprint density at radius 2 is 2.10 bits per heavy atom. The molecule has 3 rings (SSSR count). The van der Waals surface area contributed by atoms with Crippen molar-refractivity contribution in [2.75, 3.05) is 16.9 Å². The molecule has 2 aromatic heterocycles. The van der Waals surface area contributed by atoms with Gasteiger partial charge in [0.1, 0.15) is 16.5 Å². The summed E-state index contributed by atoms with van der Waals surface area (Å²) in [5.74, 6) is 6.09. The maximum atomic E-state index is 14.1. The van der Waals surface area contributed by atoms with Gasteiger partial charge in [-0.05, 0) is 30.5 Å². The second-order valence-corrected chi connectivity index (χ2v) is 5.24. The number of nitrogens with two attached hydrogens (primary N) is 1. The van der Waals surface area contributed by atoms with Crippen molar-refractivity contribution >= 4 is 39.0 Å². The van der Waals surface area contributed by atoms with Crippen LogP contribution in [0.25, 0.3) is 10.2 Å². The number of nitrogen functional groups attached to an aromatic ring is 1. The molecule has 0 bridgehead atoms. The van der Waals surface area contributed by atoms with Crippen LogP contribution < -0.4 is 16.2 Å². The molecule has 0 saturated heterocycles. The lowest BCUT2D eigenvalue weighted by Gasteiger charge is -2.23. The van der Waals surface area contributed by atoms with Gasteiger partial charge in [0.05, 0.1) is 11.1 Å². The molecule has 3 aromatic rings. The monoisotopic (exact) mass is 303 g/mol. The van der Waals surface area contributed by atoms with E-state index in [1.807, 2.05) is 23.3 Å². The summed E-state index contributed by atoms with van der Waals surface area (Å²) in [5, 5.41) is 2.81. The Kier molecular flexibility index (Phi) is 3.68. The minimum atomic E-state index is -0.288. The first-order valence-corrected chi connectivity index (χ1v) is 7.36. The fraction of sp³-hybridized carbons (Fsp3) is 0.143. The summed E-state index contributed by atoms with van der Waals surface area (Å²) in [7, 11) is 0. The Balaban J connectivity index is 2.21. The molecule has 0 aliphatic rings. The van der Waals surface area contributed by atoms with Gasteiger partial charge in [-0.15, -0.1) is 11.3 Å². The number of fused-ring (bicyclic) bond motifs is 1. The SMILES string of the molecule is CCN(c1ccccc1F)c1nc(NN)nc2sccc12. The number of aromatic nitrogens is 2. The van der Waals surface area contributed by atoms with Crippen molar-refractivity contribution in [3.63, 3.8) is 0 Å². The van der Waals surface area contributed by atoms with Crippen LogP contribution in [0.15, 0.2) is 35.7 Å². The third-order valence-electron chi connectivity index (χ3n) is 3.15. The van der Waals surface area contributed by atoms with Crippen molar-refractivity contribution in [1.82, 2.24) is 9.97 Å². The lowest BCUT2D eigenvalue weighted by molar-refractivity contribution is 0.625. The normalized spacial score (nSPS) is 10.8. The molecule has 1 aromatic carbocycles. The number of hydrogen-bond acceptors (Lipinski definition) is 6. The first-order chi connectivity index (χ1) is 10.2. The molecule has 0 unspecified atom stereocenters. The zero-order valence-electron chi connectivity index (χ0n) is 11.4. The minimum Gasteiger partial charge on any atom is -0.323 e. The van der Waals surface area contributed by atoms with Crippen LogP contribution in [-0.4, -0.2) is 16.5 Å². The van der Waals surface area contributed by atoms with Crippen LogP contribution in [0.5, 0.6) is 0 Å². The highest BCUT2D eigenvalue weighted by Crippen LogP contribution is 2.34. The summed E-state index contributed by atoms with van der Waals surface area (Å²) in [5.41, 5.74) is 2.94. The maximum Gasteiger partial charge on any atom is 0.240 e. The highest BCUT2D eigenvalue weighted by atomic mass is 32.1. The van der Waals surface area contributed by atoms with Gasteiger partial charge in [0.2, 0.25) is 5.95 Å². The van der Waals surface area contributed by atoms with Gasteiger partial charge < -0.3 is 4.90 Å². The number of para-hydroxylation sites is 1. The summed E-state index contributed by atoms with van der Waals surface area (Å²) >= 11 is 1.49. The van der Waals surface area contributed by atoms with Crippen molar-refractivity contribution in [3.8, 4) is 0 Å². The summed E-state index contributed by atoms with van der Waals surface area (Å²) in [6.45, 7) is 2.52. The topological polar surface area (TPSA) is 67.1 Å². The number of halogens is 1. The van der Waals surface area contributed by atoms with Crippen LogP contribution in [-0.2, 0) is 0 Å². The zero-order chi connectivity index (χ0) is 14.8. The van der Waals surface area contributed by atoms with E-state index in [0.29, 0.717) is 24.0 Å². The van der Waals surface area contributed by atoms with E-state index in [2.05, 4.69) is 15.4 Å². The highest BCUT2D eigenvalue weighted by molar-refractivity contribution is 7.16. The highest BCUT2D eigenvalue weighted by Gasteiger charge is 2.18. The molecule has 0 amide bonds. The fourth-order valence-corrected chi connectivity index (χ4v) is 2.97. The van der Waals surface area contributed by atoms with Crippen molar-refractivity contribution in [3.05, 3.63) is 41.5 Å². The van der Waals surface area contributed by atoms with E-state index >= 15 is 0 Å². The molecule has 7 heteroatoms. The quantitative estimate of drug-likeness (QED) is 0.572. The molecule has 2 heterocycles. The zero-order valence-corrected chi connectivity index (χ0v) is 12.2. The third-order valence-corrected chi connectivity index (χ3v) is 3.96. The largest absolute Gasteiger partial charge is 0.323 e. The van der Waals surface area contributed by atoms with E-state index in [9.17, 15) is 4.39 Å². The Labute approximate surface area is 125 Å². The minimum absolute atomic E-state index is 0.288. The molecule has 0 fully saturated rings. The Bertz CT molecular complexity index is 773. The third kappa shape index (κ3) is 2.41. The first-order valence-electron chi connectivity index (χ1n) is 6.48. The summed E-state index contributed by atoms with van der Waals surface area (Å²) in [6, 6.07) is 8.56. The van der Waals surface area contributed by atoms with Gasteiger partial charge in [-0.25, -0.2) is 15.2 Å². The van der Waals surface area contributed by atoms with E-state index in [0.717, 1.165) is 10.2 Å². The van der Waals surface area contributed by atoms with Gasteiger partial charge >= 0.3 is 0 Å². The van der Waals surface area contributed by atoms with E-state index in [1.165, 1.54) is 17.4 Å². The molecule has 21 heavy (non-hydrogen) atoms. The Morgan fingerprint density at radius 3 is 2.81 bits per heavy atom. The molecular formula is C14H14FN5S. The number of hydrogen-bond donors (Lipinski definition) is 2. The van der Waals surface area contributed by atoms with E-state index < -0.39 is 0 Å². The van der Waals surface area contributed by atoms with Crippen molar-refractivity contribution in [1.29, 1.82) is 0 Å². The van der Waals surface area contributed by atoms with Gasteiger partial charge in [0, 0.05) is 6.54 Å². The summed E-state index contributed by atoms with van der Waals surface area (Å²) in [4.78, 5) is 11.3. The standard InChI is InChI=1S/C14H14FN5S/c1-2-20(11-6-4-3-5-10(11)15)12-9-7-8-21-13(9)18-14(17-12)19-16/h3-8H,2,16H2,1H3,(H,17,18,19). The van der Waals surface area contributed by atoms with Crippen LogP contribution in [0.3, 0.4) is 0 Å². The lowest BCUT2D eigenvalue weighted by Crippen LogP contribution is -2.20. The average Bonchev–Trinajstić information content (AvgIpc) is 2.98. The average molecular weight is 303 g/mol. The fourth-order valence-electron chi connectivity index (χ4n) is 2.21. The molecule has 108 valence electrons. The number of nitrogens with zero attached hydrogens (tertiary/aromatic N) is 3. The van der Waals surface area contributed by atoms with E-state index in [4.69, 9.17) is 5.84 Å². The number of rotatable bonds is 4. The molecule has 5 nitrogen and oxygen atoms in total. The van der Waals surface area contributed by atoms with Crippen molar-refractivity contribution in [2.24, 2.45) is 5.84 Å². The number of benzene rings is 1. The number of thiophene rings is 1. The molecule has 0 spiro atoms. The van der Waals surface area contributed by atoms with Gasteiger partial charge in [0.25, 0.3) is 0 Å². The predicted molar refractivity (Wildman–Crippen MR) is 84.3 cm³/mol. The maximum absolute atomic E-state index is 14.1. The summed E-state index contributed by atoms with van der Waals surface area (Å²) in [6.07, 6.45) is 0. The molecule has 3 N–H and O–H groups in total. The second-order valence-electron chi connectivity index (χ2n) is 4.35. The number of nitrogens with one attached hydrogen (secondary N) is 1. The van der Waals surface area contributed by atoms with Gasteiger partial charge in [-0.1, -0.05) is 12.1 Å². The molecular weight excluding hydrogens is 289 g/mol. The molecule has 0 radical (unpaired) electrons. The number of hydrazine groups is 1. The van der Waals surface area contributed by atoms with Gasteiger partial charge in [-0.3, -0.25) is 5.43 Å². The van der Waals surface area contributed by atoms with E-state index in [1.54, 1.807) is 18.2 Å². The molecule has 0 aliphatic carbocycles. The number of anilines is 3. The molecule has 0 saturated carbocycles. The molecule has 0 atom stereocenters. The Morgan fingerprint density at radius 1 is 1.29 bits per heavy atom. The van der Waals surface area contributed by atoms with Crippen LogP contribution >= 0.6 is 11.3 Å². The van der Waals surface area contributed by atoms with Crippen molar-refractivity contribution < 1.29 is 4.39 Å². The first kappa shape index (κ1) is 13.7. The van der Waals surface area contributed by atoms with Gasteiger partial charge in [-0.2, -0.15) is 4.98 Å². The van der Waals surface area contributed by atoms with Crippen molar-refractivity contribution in [2.45, 2.75) is 6.92 Å². The predicted octanol–water partition coefficient (Wildman–Crippen LogP) is 3.27. The lowest BCUT2D eigenvalue weighted by atomic mass is 10.2. The van der Waals surface area contributed by atoms with Crippen LogP contribution in [0.2, 0.25) is 0 Å². The summed E-state index contributed by atoms with van der Waals surface area (Å²) < 4.78 is 14.1. The van der Waals surface area contributed by atoms with Crippen LogP contribution in [0.1, 0.15) is 6.92 Å².